The first-order valence-corrected chi connectivity index (χ1v) is 8.08. The van der Waals surface area contributed by atoms with Gasteiger partial charge in [0.25, 0.3) is 0 Å². The molecule has 0 fully saturated rings. The summed E-state index contributed by atoms with van der Waals surface area (Å²) in [6.07, 6.45) is 3.46. The van der Waals surface area contributed by atoms with Crippen molar-refractivity contribution >= 4 is 50.9 Å². The molecule has 0 saturated heterocycles. The summed E-state index contributed by atoms with van der Waals surface area (Å²) in [5, 5.41) is 0.895. The Bertz CT molecular complexity index is 918. The van der Waals surface area contributed by atoms with E-state index in [1.807, 2.05) is 41.3 Å². The Morgan fingerprint density at radius 3 is 2.87 bits per heavy atom. The number of benzene rings is 1. The number of esters is 1. The topological polar surface area (TPSA) is 54.8 Å². The summed E-state index contributed by atoms with van der Waals surface area (Å²) in [7, 11) is 0. The first-order chi connectivity index (χ1) is 11.3. The maximum absolute atomic E-state index is 12.2. The number of hydrogen-bond donors (Lipinski definition) is 0. The van der Waals surface area contributed by atoms with Crippen LogP contribution in [-0.2, 0) is 4.74 Å². The smallest absolute Gasteiger partial charge is 0.350 e. The number of ether oxygens (including phenoxy) is 1. The van der Waals surface area contributed by atoms with Gasteiger partial charge in [-0.05, 0) is 25.1 Å². The summed E-state index contributed by atoms with van der Waals surface area (Å²) in [5.41, 5.74) is 1.63. The van der Waals surface area contributed by atoms with Crippen LogP contribution < -0.4 is 4.90 Å². The van der Waals surface area contributed by atoms with Crippen molar-refractivity contribution in [1.29, 1.82) is 0 Å². The third kappa shape index (κ3) is 2.19. The SMILES string of the molecule is CCOC(=O)c1sc2ccnc3c2c1N=CN3c1ccccc1. The fourth-order valence-electron chi connectivity index (χ4n) is 2.60. The lowest BCUT2D eigenvalue weighted by atomic mass is 10.2. The highest BCUT2D eigenvalue weighted by molar-refractivity contribution is 7.21. The fraction of sp³-hybridized carbons (Fsp3) is 0.118. The fourth-order valence-corrected chi connectivity index (χ4v) is 3.63. The van der Waals surface area contributed by atoms with Crippen LogP contribution in [0.1, 0.15) is 16.6 Å². The van der Waals surface area contributed by atoms with Gasteiger partial charge in [-0.1, -0.05) is 18.2 Å². The predicted octanol–water partition coefficient (Wildman–Crippen LogP) is 4.28. The standard InChI is InChI=1S/C17H13N3O2S/c1-2-22-17(21)15-14-13-12(23-15)8-9-18-16(13)20(10-19-14)11-6-4-3-5-7-11/h3-10H,2H2,1H3. The van der Waals surface area contributed by atoms with Gasteiger partial charge in [-0.2, -0.15) is 0 Å². The summed E-state index contributed by atoms with van der Waals surface area (Å²) in [6.45, 7) is 2.14. The van der Waals surface area contributed by atoms with Crippen molar-refractivity contribution < 1.29 is 9.53 Å². The Morgan fingerprint density at radius 1 is 1.26 bits per heavy atom. The number of pyridine rings is 1. The second kappa shape index (κ2) is 5.48. The minimum absolute atomic E-state index is 0.333. The Kier molecular flexibility index (Phi) is 3.31. The number of nitrogens with zero attached hydrogens (tertiary/aromatic N) is 3. The van der Waals surface area contributed by atoms with E-state index < -0.39 is 0 Å². The average Bonchev–Trinajstić information content (AvgIpc) is 2.97. The molecule has 0 amide bonds. The minimum atomic E-state index is -0.333. The van der Waals surface area contributed by atoms with Crippen molar-refractivity contribution in [3.8, 4) is 0 Å². The van der Waals surface area contributed by atoms with Crippen molar-refractivity contribution in [3.05, 3.63) is 47.5 Å². The van der Waals surface area contributed by atoms with Crippen LogP contribution in [0.3, 0.4) is 0 Å². The molecule has 0 radical (unpaired) electrons. The zero-order chi connectivity index (χ0) is 15.8. The molecule has 0 N–H and O–H groups in total. The third-order valence-electron chi connectivity index (χ3n) is 3.58. The van der Waals surface area contributed by atoms with E-state index in [-0.39, 0.29) is 5.97 Å². The summed E-state index contributed by atoms with van der Waals surface area (Å²) in [4.78, 5) is 23.6. The number of thiophene rings is 1. The number of aliphatic imine (C=N–C) groups is 1. The van der Waals surface area contributed by atoms with E-state index in [1.165, 1.54) is 11.3 Å². The maximum atomic E-state index is 12.2. The molecule has 0 aliphatic carbocycles. The molecule has 4 rings (SSSR count). The highest BCUT2D eigenvalue weighted by Gasteiger charge is 2.26. The summed E-state index contributed by atoms with van der Waals surface area (Å²) < 4.78 is 6.12. The van der Waals surface area contributed by atoms with Crippen LogP contribution in [0.25, 0.3) is 10.1 Å². The molecule has 1 aromatic carbocycles. The molecule has 3 aromatic rings. The molecule has 23 heavy (non-hydrogen) atoms. The second-order valence-corrected chi connectivity index (χ2v) is 6.01. The molecule has 5 nitrogen and oxygen atoms in total. The van der Waals surface area contributed by atoms with Gasteiger partial charge in [-0.15, -0.1) is 11.3 Å². The molecule has 1 aliphatic rings. The molecule has 0 saturated carbocycles. The number of carbonyl (C=O) groups is 1. The Balaban J connectivity index is 1.90. The van der Waals surface area contributed by atoms with Crippen molar-refractivity contribution in [2.24, 2.45) is 4.99 Å². The lowest BCUT2D eigenvalue weighted by Crippen LogP contribution is -2.18. The van der Waals surface area contributed by atoms with Gasteiger partial charge in [0.05, 0.1) is 12.0 Å². The van der Waals surface area contributed by atoms with Crippen LogP contribution in [0.2, 0.25) is 0 Å². The van der Waals surface area contributed by atoms with Crippen LogP contribution in [0, 0.1) is 0 Å². The van der Waals surface area contributed by atoms with E-state index in [2.05, 4.69) is 9.98 Å². The Hall–Kier alpha value is -2.73. The van der Waals surface area contributed by atoms with Crippen LogP contribution in [-0.4, -0.2) is 23.9 Å². The van der Waals surface area contributed by atoms with E-state index in [4.69, 9.17) is 4.74 Å². The van der Waals surface area contributed by atoms with Crippen molar-refractivity contribution in [2.75, 3.05) is 11.5 Å². The lowest BCUT2D eigenvalue weighted by molar-refractivity contribution is 0.0533. The van der Waals surface area contributed by atoms with Gasteiger partial charge < -0.3 is 4.74 Å². The molecular weight excluding hydrogens is 310 g/mol. The molecule has 0 bridgehead atoms. The van der Waals surface area contributed by atoms with Crippen LogP contribution >= 0.6 is 11.3 Å². The molecule has 1 aliphatic heterocycles. The van der Waals surface area contributed by atoms with Gasteiger partial charge in [-0.25, -0.2) is 14.8 Å². The lowest BCUT2D eigenvalue weighted by Gasteiger charge is -2.22. The number of para-hydroxylation sites is 1. The Morgan fingerprint density at radius 2 is 2.09 bits per heavy atom. The molecule has 0 atom stereocenters. The van der Waals surface area contributed by atoms with Crippen molar-refractivity contribution in [1.82, 2.24) is 4.98 Å². The van der Waals surface area contributed by atoms with Crippen molar-refractivity contribution in [2.45, 2.75) is 6.92 Å². The molecule has 0 unspecified atom stereocenters. The predicted molar refractivity (Wildman–Crippen MR) is 92.3 cm³/mol. The van der Waals surface area contributed by atoms with Gasteiger partial charge in [0.15, 0.2) is 0 Å². The van der Waals surface area contributed by atoms with E-state index >= 15 is 0 Å². The van der Waals surface area contributed by atoms with Gasteiger partial charge >= 0.3 is 5.97 Å². The minimum Gasteiger partial charge on any atom is -0.462 e. The Labute approximate surface area is 136 Å². The van der Waals surface area contributed by atoms with Crippen molar-refractivity contribution in [3.63, 3.8) is 0 Å². The molecule has 3 heterocycles. The van der Waals surface area contributed by atoms with Gasteiger partial charge in [0, 0.05) is 16.6 Å². The van der Waals surface area contributed by atoms with E-state index in [0.717, 1.165) is 21.6 Å². The molecule has 2 aromatic heterocycles. The average molecular weight is 323 g/mol. The number of hydrogen-bond acceptors (Lipinski definition) is 6. The number of rotatable bonds is 3. The van der Waals surface area contributed by atoms with E-state index in [9.17, 15) is 4.79 Å². The molecular formula is C17H13N3O2S. The van der Waals surface area contributed by atoms with E-state index in [1.54, 1.807) is 19.5 Å². The highest BCUT2D eigenvalue weighted by atomic mass is 32.1. The van der Waals surface area contributed by atoms with Gasteiger partial charge in [0.2, 0.25) is 0 Å². The molecule has 6 heteroatoms. The first kappa shape index (κ1) is 13.9. The summed E-state index contributed by atoms with van der Waals surface area (Å²) in [6, 6.07) is 11.8. The monoisotopic (exact) mass is 323 g/mol. The van der Waals surface area contributed by atoms with E-state index in [0.29, 0.717) is 17.2 Å². The third-order valence-corrected chi connectivity index (χ3v) is 4.71. The summed E-state index contributed by atoms with van der Waals surface area (Å²) in [5.74, 6) is 0.449. The number of aromatic nitrogens is 1. The van der Waals surface area contributed by atoms with Crippen LogP contribution in [0.15, 0.2) is 47.6 Å². The van der Waals surface area contributed by atoms with Crippen LogP contribution in [0.4, 0.5) is 17.2 Å². The zero-order valence-corrected chi connectivity index (χ0v) is 13.2. The quantitative estimate of drug-likeness (QED) is 0.675. The normalized spacial score (nSPS) is 12.7. The second-order valence-electron chi connectivity index (χ2n) is 4.96. The molecule has 114 valence electrons. The molecule has 0 spiro atoms. The van der Waals surface area contributed by atoms with Gasteiger partial charge in [0.1, 0.15) is 22.7 Å². The highest BCUT2D eigenvalue weighted by Crippen LogP contribution is 2.45. The van der Waals surface area contributed by atoms with Crippen LogP contribution in [0.5, 0.6) is 0 Å². The number of anilines is 2. The van der Waals surface area contributed by atoms with Gasteiger partial charge in [-0.3, -0.25) is 4.90 Å². The first-order valence-electron chi connectivity index (χ1n) is 7.26. The maximum Gasteiger partial charge on any atom is 0.350 e. The zero-order valence-electron chi connectivity index (χ0n) is 12.4. The number of carbonyl (C=O) groups excluding carboxylic acids is 1. The summed E-state index contributed by atoms with van der Waals surface area (Å²) >= 11 is 1.39. The largest absolute Gasteiger partial charge is 0.462 e.